The first kappa shape index (κ1) is 8.76. The van der Waals surface area contributed by atoms with Crippen LogP contribution in [0.1, 0.15) is 0 Å². The first-order valence-corrected chi connectivity index (χ1v) is 7.11. The lowest BCUT2D eigenvalue weighted by molar-refractivity contribution is 1.73. The molecule has 0 bridgehead atoms. The van der Waals surface area contributed by atoms with Crippen molar-refractivity contribution in [3.63, 3.8) is 0 Å². The molecule has 11 heavy (non-hydrogen) atoms. The van der Waals surface area contributed by atoms with Crippen molar-refractivity contribution in [2.45, 2.75) is 0 Å². The van der Waals surface area contributed by atoms with Crippen LogP contribution >= 0.6 is 6.04 Å². The Hall–Kier alpha value is -0.330. The summed E-state index contributed by atoms with van der Waals surface area (Å²) in [4.78, 5) is 0. The summed E-state index contributed by atoms with van der Waals surface area (Å²) in [5.41, 5.74) is 6.60. The van der Waals surface area contributed by atoms with Crippen LogP contribution in [0.3, 0.4) is 0 Å². The number of nitrogen functional groups attached to an aromatic ring is 1. The summed E-state index contributed by atoms with van der Waals surface area (Å²) in [6, 6.07) is 6.50. The molecule has 0 saturated carbocycles. The Labute approximate surface area is 72.6 Å². The number of nitrogens with two attached hydrogens (primary N) is 1. The van der Waals surface area contributed by atoms with Crippen LogP contribution in [0.5, 0.6) is 0 Å². The molecule has 1 rings (SSSR count). The van der Waals surface area contributed by atoms with Crippen LogP contribution in [0.25, 0.3) is 0 Å². The number of hydrogen-bond acceptors (Lipinski definition) is 2. The molecule has 60 valence electrons. The molecule has 0 spiro atoms. The van der Waals surface area contributed by atoms with Gasteiger partial charge in [0.2, 0.25) is 0 Å². The molecular weight excluding hydrogens is 173 g/mol. The Bertz CT molecular complexity index is 303. The molecule has 0 radical (unpaired) electrons. The number of benzene rings is 1. The number of hydrogen-bond donors (Lipinski definition) is 1. The van der Waals surface area contributed by atoms with E-state index in [2.05, 4.69) is 13.3 Å². The summed E-state index contributed by atoms with van der Waals surface area (Å²) >= 11 is 5.37. The molecule has 1 nitrogen and oxygen atoms in total. The molecular formula is C8H12NPS. The van der Waals surface area contributed by atoms with Gasteiger partial charge in [0.05, 0.1) is 0 Å². The Kier molecular flexibility index (Phi) is 2.36. The second-order valence-electron chi connectivity index (χ2n) is 2.91. The predicted molar refractivity (Wildman–Crippen MR) is 56.6 cm³/mol. The first-order chi connectivity index (χ1) is 5.02. The molecule has 0 unspecified atom stereocenters. The van der Waals surface area contributed by atoms with E-state index in [1.807, 2.05) is 24.3 Å². The van der Waals surface area contributed by atoms with Gasteiger partial charge in [-0.2, -0.15) is 0 Å². The van der Waals surface area contributed by atoms with Gasteiger partial charge >= 0.3 is 0 Å². The van der Waals surface area contributed by atoms with Crippen LogP contribution in [0.2, 0.25) is 0 Å². The van der Waals surface area contributed by atoms with E-state index in [1.54, 1.807) is 0 Å². The summed E-state index contributed by atoms with van der Waals surface area (Å²) in [6.07, 6.45) is 0. The normalized spacial score (nSPS) is 11.5. The molecule has 0 aliphatic heterocycles. The molecule has 0 heterocycles. The van der Waals surface area contributed by atoms with Gasteiger partial charge in [-0.25, -0.2) is 0 Å². The molecule has 0 aliphatic rings. The molecule has 0 fully saturated rings. The zero-order valence-corrected chi connectivity index (χ0v) is 8.45. The molecule has 0 aliphatic carbocycles. The van der Waals surface area contributed by atoms with Crippen molar-refractivity contribution < 1.29 is 0 Å². The highest BCUT2D eigenvalue weighted by Crippen LogP contribution is 2.36. The maximum atomic E-state index is 5.77. The molecule has 3 heteroatoms. The average Bonchev–Trinajstić information content (AvgIpc) is 1.86. The molecule has 0 saturated heterocycles. The minimum atomic E-state index is -1.35. The number of para-hydroxylation sites is 1. The number of anilines is 1. The Morgan fingerprint density at radius 3 is 2.18 bits per heavy atom. The van der Waals surface area contributed by atoms with Crippen LogP contribution < -0.4 is 11.0 Å². The Morgan fingerprint density at radius 1 is 1.27 bits per heavy atom. The lowest BCUT2D eigenvalue weighted by Gasteiger charge is -2.12. The highest BCUT2D eigenvalue weighted by molar-refractivity contribution is 8.17. The predicted octanol–water partition coefficient (Wildman–Crippen LogP) is 1.63. The van der Waals surface area contributed by atoms with Crippen LogP contribution in [-0.2, 0) is 11.8 Å². The summed E-state index contributed by atoms with van der Waals surface area (Å²) in [5, 5.41) is 1.15. The van der Waals surface area contributed by atoms with E-state index >= 15 is 0 Å². The molecule has 1 aromatic rings. The van der Waals surface area contributed by atoms with E-state index in [4.69, 9.17) is 17.5 Å². The van der Waals surface area contributed by atoms with Gasteiger partial charge in [0.25, 0.3) is 0 Å². The fraction of sp³-hybridized carbons (Fsp3) is 0.250. The molecule has 0 aromatic heterocycles. The molecule has 2 N–H and O–H groups in total. The van der Waals surface area contributed by atoms with E-state index in [-0.39, 0.29) is 0 Å². The number of rotatable bonds is 1. The van der Waals surface area contributed by atoms with Gasteiger partial charge in [0.15, 0.2) is 0 Å². The lowest BCUT2D eigenvalue weighted by atomic mass is 10.3. The van der Waals surface area contributed by atoms with Gasteiger partial charge in [-0.05, 0) is 25.4 Å². The van der Waals surface area contributed by atoms with Gasteiger partial charge in [0.1, 0.15) is 0 Å². The maximum Gasteiger partial charge on any atom is 0.0399 e. The topological polar surface area (TPSA) is 26.0 Å². The summed E-state index contributed by atoms with van der Waals surface area (Å²) < 4.78 is 0. The van der Waals surface area contributed by atoms with Crippen molar-refractivity contribution in [2.75, 3.05) is 19.1 Å². The fourth-order valence-electron chi connectivity index (χ4n) is 0.978. The quantitative estimate of drug-likeness (QED) is 0.531. The van der Waals surface area contributed by atoms with Gasteiger partial charge in [0, 0.05) is 11.0 Å². The summed E-state index contributed by atoms with van der Waals surface area (Å²) in [7, 11) is 0. The Morgan fingerprint density at radius 2 is 1.82 bits per heavy atom. The van der Waals surface area contributed by atoms with Gasteiger partial charge in [-0.3, -0.25) is 0 Å². The van der Waals surface area contributed by atoms with Crippen molar-refractivity contribution in [2.24, 2.45) is 0 Å². The van der Waals surface area contributed by atoms with Gasteiger partial charge in [-0.1, -0.05) is 30.0 Å². The average molecular weight is 185 g/mol. The third-order valence-corrected chi connectivity index (χ3v) is 3.67. The van der Waals surface area contributed by atoms with Gasteiger partial charge < -0.3 is 5.73 Å². The molecule has 1 aromatic carbocycles. The smallest absolute Gasteiger partial charge is 0.0399 e. The fourth-order valence-corrected chi connectivity index (χ4v) is 2.62. The second kappa shape index (κ2) is 2.96. The third kappa shape index (κ3) is 2.05. The van der Waals surface area contributed by atoms with Crippen molar-refractivity contribution >= 4 is 28.8 Å². The second-order valence-corrected chi connectivity index (χ2v) is 8.83. The standard InChI is InChI=1S/C8H12NPS/c1-10(2,11)8-6-4-3-5-7(8)9/h3-6H,9H2,1-2H3. The minimum absolute atomic E-state index is 0.834. The zero-order valence-electron chi connectivity index (χ0n) is 6.74. The largest absolute Gasteiger partial charge is 0.398 e. The third-order valence-electron chi connectivity index (χ3n) is 1.52. The highest BCUT2D eigenvalue weighted by Gasteiger charge is 2.08. The van der Waals surface area contributed by atoms with Crippen molar-refractivity contribution in [3.8, 4) is 0 Å². The van der Waals surface area contributed by atoms with Crippen LogP contribution in [0, 0.1) is 0 Å². The first-order valence-electron chi connectivity index (χ1n) is 3.42. The van der Waals surface area contributed by atoms with E-state index in [0.717, 1.165) is 11.0 Å². The van der Waals surface area contributed by atoms with Crippen LogP contribution in [0.4, 0.5) is 5.69 Å². The monoisotopic (exact) mass is 185 g/mol. The molecule has 0 amide bonds. The van der Waals surface area contributed by atoms with Gasteiger partial charge in [-0.15, -0.1) is 0 Å². The van der Waals surface area contributed by atoms with E-state index in [0.29, 0.717) is 0 Å². The van der Waals surface area contributed by atoms with E-state index < -0.39 is 6.04 Å². The summed E-state index contributed by atoms with van der Waals surface area (Å²) in [6.45, 7) is 4.18. The minimum Gasteiger partial charge on any atom is -0.398 e. The van der Waals surface area contributed by atoms with Crippen LogP contribution in [0.15, 0.2) is 24.3 Å². The molecule has 0 atom stereocenters. The van der Waals surface area contributed by atoms with Crippen molar-refractivity contribution in [1.82, 2.24) is 0 Å². The van der Waals surface area contributed by atoms with Crippen molar-refractivity contribution in [1.29, 1.82) is 0 Å². The van der Waals surface area contributed by atoms with Crippen molar-refractivity contribution in [3.05, 3.63) is 24.3 Å². The van der Waals surface area contributed by atoms with E-state index in [1.165, 1.54) is 0 Å². The zero-order chi connectivity index (χ0) is 8.48. The highest BCUT2D eigenvalue weighted by atomic mass is 32.4. The summed E-state index contributed by atoms with van der Waals surface area (Å²) in [5.74, 6) is 0. The van der Waals surface area contributed by atoms with E-state index in [9.17, 15) is 0 Å². The van der Waals surface area contributed by atoms with Crippen LogP contribution in [-0.4, -0.2) is 13.3 Å². The lowest BCUT2D eigenvalue weighted by Crippen LogP contribution is -2.08. The SMILES string of the molecule is CP(C)(=S)c1ccccc1N. The Balaban J connectivity index is 3.25. The maximum absolute atomic E-state index is 5.77.